The number of H-pyrrole nitrogens is 1. The first-order valence-electron chi connectivity index (χ1n) is 11.5. The Morgan fingerprint density at radius 1 is 1.15 bits per heavy atom. The number of carbonyl (C=O) groups excluding carboxylic acids is 1. The van der Waals surface area contributed by atoms with Crippen LogP contribution in [0.4, 0.5) is 5.69 Å². The van der Waals surface area contributed by atoms with Crippen LogP contribution in [0.5, 0.6) is 5.75 Å². The number of aromatic nitrogens is 1. The fourth-order valence-electron chi connectivity index (χ4n) is 6.09. The van der Waals surface area contributed by atoms with Crippen molar-refractivity contribution in [1.29, 1.82) is 0 Å². The average molecular weight is 479 g/mol. The van der Waals surface area contributed by atoms with Crippen molar-refractivity contribution in [2.75, 3.05) is 11.9 Å². The second-order valence-corrected chi connectivity index (χ2v) is 11.7. The maximum atomic E-state index is 12.4. The van der Waals surface area contributed by atoms with E-state index in [1.165, 1.54) is 41.0 Å². The van der Waals surface area contributed by atoms with Crippen LogP contribution in [-0.4, -0.2) is 22.7 Å². The lowest BCUT2D eigenvalue weighted by molar-refractivity contribution is -0.118. The Morgan fingerprint density at radius 2 is 2.00 bits per heavy atom. The van der Waals surface area contributed by atoms with E-state index < -0.39 is 0 Å². The van der Waals surface area contributed by atoms with Crippen molar-refractivity contribution in [2.45, 2.75) is 42.4 Å². The second-order valence-electron chi connectivity index (χ2n) is 9.46. The fraction of sp³-hybridized carbons (Fsp3) is 0.385. The summed E-state index contributed by atoms with van der Waals surface area (Å²) in [5, 5.41) is 4.53. The molecular formula is C26H26N2O3S2. The number of rotatable bonds is 5. The Morgan fingerprint density at radius 3 is 2.88 bits per heavy atom. The highest BCUT2D eigenvalue weighted by molar-refractivity contribution is 8.00. The Hall–Kier alpha value is -2.51. The number of amides is 1. The molecule has 1 amide bonds. The number of benzene rings is 2. The summed E-state index contributed by atoms with van der Waals surface area (Å²) in [4.78, 5) is 28.9. The van der Waals surface area contributed by atoms with Crippen molar-refractivity contribution >= 4 is 34.7 Å². The van der Waals surface area contributed by atoms with Gasteiger partial charge in [0.2, 0.25) is 0 Å². The van der Waals surface area contributed by atoms with Crippen LogP contribution in [0.2, 0.25) is 0 Å². The molecule has 7 heteroatoms. The zero-order chi connectivity index (χ0) is 22.5. The van der Waals surface area contributed by atoms with Gasteiger partial charge in [0.15, 0.2) is 6.61 Å². The number of nitrogens with one attached hydrogen (secondary N) is 2. The smallest absolute Gasteiger partial charge is 0.305 e. The van der Waals surface area contributed by atoms with Crippen LogP contribution in [-0.2, 0) is 4.79 Å². The minimum atomic E-state index is -0.181. The molecule has 1 aromatic heterocycles. The van der Waals surface area contributed by atoms with E-state index in [2.05, 4.69) is 22.4 Å². The number of hydrogen-bond donors (Lipinski definition) is 2. The van der Waals surface area contributed by atoms with Crippen molar-refractivity contribution in [3.63, 3.8) is 0 Å². The van der Waals surface area contributed by atoms with E-state index in [0.717, 1.165) is 28.1 Å². The van der Waals surface area contributed by atoms with Gasteiger partial charge in [0.1, 0.15) is 5.75 Å². The van der Waals surface area contributed by atoms with Crippen LogP contribution in [0.15, 0.2) is 58.4 Å². The van der Waals surface area contributed by atoms with Crippen molar-refractivity contribution in [3.05, 3.63) is 74.2 Å². The summed E-state index contributed by atoms with van der Waals surface area (Å²) < 4.78 is 5.88. The van der Waals surface area contributed by atoms with Gasteiger partial charge in [-0.1, -0.05) is 35.6 Å². The van der Waals surface area contributed by atoms with Gasteiger partial charge in [0.05, 0.1) is 5.03 Å². The molecule has 1 aliphatic heterocycles. The molecule has 5 atom stereocenters. The molecule has 2 heterocycles. The van der Waals surface area contributed by atoms with E-state index in [1.54, 1.807) is 0 Å². The summed E-state index contributed by atoms with van der Waals surface area (Å²) in [6.45, 7) is 1.95. The van der Waals surface area contributed by atoms with Gasteiger partial charge in [-0.3, -0.25) is 9.59 Å². The quantitative estimate of drug-likeness (QED) is 0.514. The third kappa shape index (κ3) is 3.91. The standard InChI is InChI=1S/C26H26N2O3S2/c1-14-4-2-6-18(10-14)27-20(29)13-31-19-7-3-5-15(12-19)22-21-16-8-9-17(11-16)23(21)32-25-24(22)33-26(30)28-25/h2-7,10,12,16-17,21-23H,8-9,11,13H2,1H3,(H,27,29)(H,28,30)/t16?,17?,21?,22-,23?/m1/s1. The monoisotopic (exact) mass is 478 g/mol. The summed E-state index contributed by atoms with van der Waals surface area (Å²) in [5.74, 6) is 2.78. The van der Waals surface area contributed by atoms with Crippen molar-refractivity contribution in [2.24, 2.45) is 17.8 Å². The molecular weight excluding hydrogens is 452 g/mol. The van der Waals surface area contributed by atoms with E-state index in [1.807, 2.05) is 55.1 Å². The van der Waals surface area contributed by atoms with E-state index >= 15 is 0 Å². The van der Waals surface area contributed by atoms with Crippen molar-refractivity contribution in [3.8, 4) is 5.75 Å². The van der Waals surface area contributed by atoms with Gasteiger partial charge in [-0.15, -0.1) is 11.8 Å². The second kappa shape index (κ2) is 8.37. The highest BCUT2D eigenvalue weighted by atomic mass is 32.2. The molecule has 2 aromatic carbocycles. The third-order valence-corrected chi connectivity index (χ3v) is 9.98. The zero-order valence-electron chi connectivity index (χ0n) is 18.4. The van der Waals surface area contributed by atoms with Gasteiger partial charge in [-0.05, 0) is 79.3 Å². The number of hydrogen-bond acceptors (Lipinski definition) is 5. The minimum Gasteiger partial charge on any atom is -0.484 e. The van der Waals surface area contributed by atoms with Crippen molar-refractivity contribution in [1.82, 2.24) is 4.98 Å². The van der Waals surface area contributed by atoms with Gasteiger partial charge in [0, 0.05) is 21.7 Å². The van der Waals surface area contributed by atoms with Crippen LogP contribution < -0.4 is 14.9 Å². The molecule has 3 aliphatic rings. The third-order valence-electron chi connectivity index (χ3n) is 7.35. The number of aromatic amines is 1. The lowest BCUT2D eigenvalue weighted by Crippen LogP contribution is -2.33. The highest BCUT2D eigenvalue weighted by Crippen LogP contribution is 2.63. The van der Waals surface area contributed by atoms with Crippen LogP contribution in [0.1, 0.15) is 41.2 Å². The highest BCUT2D eigenvalue weighted by Gasteiger charge is 2.54. The van der Waals surface area contributed by atoms with Gasteiger partial charge in [-0.25, -0.2) is 0 Å². The Labute approximate surface area is 201 Å². The molecule has 0 spiro atoms. The number of anilines is 1. The lowest BCUT2D eigenvalue weighted by atomic mass is 9.75. The predicted molar refractivity (Wildman–Crippen MR) is 132 cm³/mol. The van der Waals surface area contributed by atoms with Crippen LogP contribution in [0.25, 0.3) is 0 Å². The van der Waals surface area contributed by atoms with E-state index in [9.17, 15) is 9.59 Å². The summed E-state index contributed by atoms with van der Waals surface area (Å²) >= 11 is 3.26. The van der Waals surface area contributed by atoms with E-state index in [0.29, 0.717) is 16.9 Å². The molecule has 0 radical (unpaired) electrons. The first kappa shape index (κ1) is 21.1. The lowest BCUT2D eigenvalue weighted by Gasteiger charge is -2.40. The molecule has 2 saturated carbocycles. The molecule has 2 N–H and O–H groups in total. The van der Waals surface area contributed by atoms with Gasteiger partial charge in [0.25, 0.3) is 5.91 Å². The molecule has 170 valence electrons. The predicted octanol–water partition coefficient (Wildman–Crippen LogP) is 5.41. The number of thioether (sulfide) groups is 1. The number of aryl methyl sites for hydroxylation is 1. The van der Waals surface area contributed by atoms with Crippen LogP contribution in [0, 0.1) is 24.7 Å². The zero-order valence-corrected chi connectivity index (χ0v) is 20.0. The fourth-order valence-corrected chi connectivity index (χ4v) is 8.98. The van der Waals surface area contributed by atoms with E-state index in [4.69, 9.17) is 4.74 Å². The molecule has 2 aliphatic carbocycles. The van der Waals surface area contributed by atoms with Gasteiger partial charge in [-0.2, -0.15) is 0 Å². The first-order chi connectivity index (χ1) is 16.0. The summed E-state index contributed by atoms with van der Waals surface area (Å²) in [5.41, 5.74) is 3.05. The first-order valence-corrected chi connectivity index (χ1v) is 13.2. The number of carbonyl (C=O) groups is 1. The van der Waals surface area contributed by atoms with E-state index in [-0.39, 0.29) is 23.3 Å². The van der Waals surface area contributed by atoms with Crippen molar-refractivity contribution < 1.29 is 9.53 Å². The Bertz CT molecular complexity index is 1270. The normalized spacial score (nSPS) is 27.1. The molecule has 33 heavy (non-hydrogen) atoms. The molecule has 2 fully saturated rings. The van der Waals surface area contributed by atoms with Gasteiger partial charge >= 0.3 is 4.87 Å². The molecule has 6 rings (SSSR count). The number of ether oxygens (including phenoxy) is 1. The van der Waals surface area contributed by atoms with Gasteiger partial charge < -0.3 is 15.0 Å². The summed E-state index contributed by atoms with van der Waals surface area (Å²) in [6, 6.07) is 15.8. The molecule has 4 unspecified atom stereocenters. The summed E-state index contributed by atoms with van der Waals surface area (Å²) in [6.07, 6.45) is 3.93. The molecule has 3 aromatic rings. The minimum absolute atomic E-state index is 0.0324. The topological polar surface area (TPSA) is 71.2 Å². The number of fused-ring (bicyclic) bond motifs is 6. The average Bonchev–Trinajstić information content (AvgIpc) is 3.50. The largest absolute Gasteiger partial charge is 0.484 e. The maximum absolute atomic E-state index is 12.4. The molecule has 0 saturated heterocycles. The Balaban J connectivity index is 1.23. The maximum Gasteiger partial charge on any atom is 0.305 e. The van der Waals surface area contributed by atoms with Crippen LogP contribution in [0.3, 0.4) is 0 Å². The van der Waals surface area contributed by atoms with Crippen LogP contribution >= 0.6 is 23.1 Å². The SMILES string of the molecule is Cc1cccc(NC(=O)COc2cccc([C@H]3c4sc(=O)[nH]c4SC4C5CCC(C5)C43)c2)c1. The number of thiazole rings is 1. The summed E-state index contributed by atoms with van der Waals surface area (Å²) in [7, 11) is 0. The Kier molecular flexibility index (Phi) is 5.34. The molecule has 2 bridgehead atoms. The molecule has 5 nitrogen and oxygen atoms in total.